The standard InChI is InChI=1S/C21H34O/c1-14(2)16-11-17(15(3)4)13-18(12-16)21(5,6)19-9-7-8-10-20(19)22/h11-15,19-20,22H,7-10H2,1-6H3/t19-,20-/m0/s1. The van der Waals surface area contributed by atoms with E-state index in [2.05, 4.69) is 59.7 Å². The van der Waals surface area contributed by atoms with E-state index in [1.165, 1.54) is 29.5 Å². The summed E-state index contributed by atoms with van der Waals surface area (Å²) in [5.41, 5.74) is 4.31. The van der Waals surface area contributed by atoms with E-state index >= 15 is 0 Å². The zero-order valence-corrected chi connectivity index (χ0v) is 15.3. The molecule has 0 aromatic heterocycles. The first-order valence-electron chi connectivity index (χ1n) is 9.07. The first-order chi connectivity index (χ1) is 10.2. The van der Waals surface area contributed by atoms with Gasteiger partial charge in [0.05, 0.1) is 6.10 Å². The van der Waals surface area contributed by atoms with E-state index in [1.54, 1.807) is 0 Å². The van der Waals surface area contributed by atoms with Crippen LogP contribution in [0.2, 0.25) is 0 Å². The van der Waals surface area contributed by atoms with Gasteiger partial charge in [0.15, 0.2) is 0 Å². The van der Waals surface area contributed by atoms with Crippen molar-refractivity contribution in [3.05, 3.63) is 34.9 Å². The molecule has 1 aliphatic carbocycles. The maximum absolute atomic E-state index is 10.5. The van der Waals surface area contributed by atoms with Gasteiger partial charge in [0.1, 0.15) is 0 Å². The van der Waals surface area contributed by atoms with Crippen LogP contribution in [0.4, 0.5) is 0 Å². The van der Waals surface area contributed by atoms with Crippen LogP contribution in [-0.2, 0) is 5.41 Å². The molecule has 0 aliphatic heterocycles. The Bertz CT molecular complexity index is 472. The number of aliphatic hydroxyl groups excluding tert-OH is 1. The topological polar surface area (TPSA) is 20.2 Å². The lowest BCUT2D eigenvalue weighted by molar-refractivity contribution is 0.0321. The predicted octanol–water partition coefficient (Wildman–Crippen LogP) is 5.76. The molecule has 1 fully saturated rings. The lowest BCUT2D eigenvalue weighted by Crippen LogP contribution is -2.39. The number of benzene rings is 1. The van der Waals surface area contributed by atoms with Gasteiger partial charge in [0, 0.05) is 0 Å². The van der Waals surface area contributed by atoms with Crippen molar-refractivity contribution >= 4 is 0 Å². The van der Waals surface area contributed by atoms with E-state index in [1.807, 2.05) is 0 Å². The number of hydrogen-bond acceptors (Lipinski definition) is 1. The van der Waals surface area contributed by atoms with E-state index in [0.29, 0.717) is 17.8 Å². The van der Waals surface area contributed by atoms with Gasteiger partial charge < -0.3 is 5.11 Å². The van der Waals surface area contributed by atoms with Crippen LogP contribution in [0.1, 0.15) is 95.8 Å². The van der Waals surface area contributed by atoms with Gasteiger partial charge in [0.2, 0.25) is 0 Å². The van der Waals surface area contributed by atoms with Gasteiger partial charge in [-0.15, -0.1) is 0 Å². The largest absolute Gasteiger partial charge is 0.393 e. The summed E-state index contributed by atoms with van der Waals surface area (Å²) in [5, 5.41) is 10.5. The first-order valence-corrected chi connectivity index (χ1v) is 9.07. The summed E-state index contributed by atoms with van der Waals surface area (Å²) < 4.78 is 0. The lowest BCUT2D eigenvalue weighted by Gasteiger charge is -2.41. The van der Waals surface area contributed by atoms with Crippen LogP contribution >= 0.6 is 0 Å². The fraction of sp³-hybridized carbons (Fsp3) is 0.714. The van der Waals surface area contributed by atoms with E-state index in [0.717, 1.165) is 12.8 Å². The average molecular weight is 303 g/mol. The van der Waals surface area contributed by atoms with Crippen LogP contribution in [-0.4, -0.2) is 11.2 Å². The van der Waals surface area contributed by atoms with Gasteiger partial charge >= 0.3 is 0 Å². The van der Waals surface area contributed by atoms with Crippen molar-refractivity contribution in [1.29, 1.82) is 0 Å². The Kier molecular flexibility index (Phi) is 5.37. The molecule has 1 N–H and O–H groups in total. The quantitative estimate of drug-likeness (QED) is 0.749. The highest BCUT2D eigenvalue weighted by Crippen LogP contribution is 2.42. The van der Waals surface area contributed by atoms with Crippen molar-refractivity contribution in [2.45, 2.75) is 90.6 Å². The number of aliphatic hydroxyl groups is 1. The smallest absolute Gasteiger partial charge is 0.0576 e. The summed E-state index contributed by atoms with van der Waals surface area (Å²) in [7, 11) is 0. The molecule has 2 atom stereocenters. The molecule has 0 unspecified atom stereocenters. The Morgan fingerprint density at radius 3 is 1.86 bits per heavy atom. The normalized spacial score (nSPS) is 23.3. The molecule has 0 bridgehead atoms. The molecule has 1 aromatic rings. The Morgan fingerprint density at radius 1 is 0.909 bits per heavy atom. The van der Waals surface area contributed by atoms with E-state index in [4.69, 9.17) is 0 Å². The van der Waals surface area contributed by atoms with Gasteiger partial charge in [-0.2, -0.15) is 0 Å². The molecule has 0 amide bonds. The molecule has 1 nitrogen and oxygen atoms in total. The van der Waals surface area contributed by atoms with Crippen LogP contribution in [0.15, 0.2) is 18.2 Å². The third kappa shape index (κ3) is 3.56. The summed E-state index contributed by atoms with van der Waals surface area (Å²) in [6.45, 7) is 13.7. The highest BCUT2D eigenvalue weighted by atomic mass is 16.3. The molecule has 1 aliphatic rings. The summed E-state index contributed by atoms with van der Waals surface area (Å²) >= 11 is 0. The molecule has 0 heterocycles. The second-order valence-corrected chi connectivity index (χ2v) is 8.38. The van der Waals surface area contributed by atoms with Gasteiger partial charge in [0.25, 0.3) is 0 Å². The molecule has 2 rings (SSSR count). The third-order valence-electron chi connectivity index (χ3n) is 5.71. The van der Waals surface area contributed by atoms with Crippen molar-refractivity contribution in [2.24, 2.45) is 5.92 Å². The van der Waals surface area contributed by atoms with Gasteiger partial charge in [-0.25, -0.2) is 0 Å². The third-order valence-corrected chi connectivity index (χ3v) is 5.71. The second-order valence-electron chi connectivity index (χ2n) is 8.38. The van der Waals surface area contributed by atoms with Crippen molar-refractivity contribution in [2.75, 3.05) is 0 Å². The minimum absolute atomic E-state index is 0.0361. The van der Waals surface area contributed by atoms with E-state index < -0.39 is 0 Å². The molecule has 0 spiro atoms. The van der Waals surface area contributed by atoms with Crippen molar-refractivity contribution < 1.29 is 5.11 Å². The summed E-state index contributed by atoms with van der Waals surface area (Å²) in [6, 6.07) is 7.14. The zero-order chi connectivity index (χ0) is 16.5. The van der Waals surface area contributed by atoms with Crippen LogP contribution in [0.5, 0.6) is 0 Å². The van der Waals surface area contributed by atoms with Crippen molar-refractivity contribution in [3.8, 4) is 0 Å². The molecule has 0 radical (unpaired) electrons. The summed E-state index contributed by atoms with van der Waals surface area (Å²) in [4.78, 5) is 0. The summed E-state index contributed by atoms with van der Waals surface area (Å²) in [6.07, 6.45) is 4.41. The highest BCUT2D eigenvalue weighted by Gasteiger charge is 2.37. The maximum atomic E-state index is 10.5. The van der Waals surface area contributed by atoms with E-state index in [9.17, 15) is 5.11 Å². The van der Waals surface area contributed by atoms with Gasteiger partial charge in [-0.1, -0.05) is 72.6 Å². The van der Waals surface area contributed by atoms with Crippen LogP contribution in [0.25, 0.3) is 0 Å². The first kappa shape index (κ1) is 17.5. The van der Waals surface area contributed by atoms with Crippen LogP contribution < -0.4 is 0 Å². The second kappa shape index (κ2) is 6.74. The zero-order valence-electron chi connectivity index (χ0n) is 15.3. The molecule has 124 valence electrons. The minimum atomic E-state index is -0.144. The maximum Gasteiger partial charge on any atom is 0.0576 e. The molecular weight excluding hydrogens is 268 g/mol. The fourth-order valence-electron chi connectivity index (χ4n) is 3.88. The van der Waals surface area contributed by atoms with Gasteiger partial charge in [-0.05, 0) is 52.7 Å². The molecule has 1 heteroatoms. The SMILES string of the molecule is CC(C)c1cc(C(C)C)cc(C(C)(C)[C@H]2CCCC[C@@H]2O)c1. The lowest BCUT2D eigenvalue weighted by atomic mass is 9.65. The Labute approximate surface area is 137 Å². The molecular formula is C21H34O. The number of rotatable bonds is 4. The number of hydrogen-bond donors (Lipinski definition) is 1. The van der Waals surface area contributed by atoms with Crippen molar-refractivity contribution in [3.63, 3.8) is 0 Å². The molecule has 0 saturated heterocycles. The van der Waals surface area contributed by atoms with Crippen LogP contribution in [0, 0.1) is 5.92 Å². The molecule has 1 saturated carbocycles. The minimum Gasteiger partial charge on any atom is -0.393 e. The van der Waals surface area contributed by atoms with E-state index in [-0.39, 0.29) is 11.5 Å². The summed E-state index contributed by atoms with van der Waals surface area (Å²) in [5.74, 6) is 1.47. The highest BCUT2D eigenvalue weighted by molar-refractivity contribution is 5.38. The Morgan fingerprint density at radius 2 is 1.41 bits per heavy atom. The van der Waals surface area contributed by atoms with Gasteiger partial charge in [-0.3, -0.25) is 0 Å². The van der Waals surface area contributed by atoms with Crippen molar-refractivity contribution in [1.82, 2.24) is 0 Å². The molecule has 22 heavy (non-hydrogen) atoms. The fourth-order valence-corrected chi connectivity index (χ4v) is 3.88. The predicted molar refractivity (Wildman–Crippen MR) is 95.6 cm³/mol. The Balaban J connectivity index is 2.44. The average Bonchev–Trinajstić information content (AvgIpc) is 2.46. The monoisotopic (exact) mass is 302 g/mol. The Hall–Kier alpha value is -0.820. The van der Waals surface area contributed by atoms with Crippen LogP contribution in [0.3, 0.4) is 0 Å². The molecule has 1 aromatic carbocycles.